The van der Waals surface area contributed by atoms with E-state index in [0.717, 1.165) is 4.90 Å². The van der Waals surface area contributed by atoms with Gasteiger partial charge in [-0.25, -0.2) is 0 Å². The van der Waals surface area contributed by atoms with E-state index >= 15 is 0 Å². The third-order valence-electron chi connectivity index (χ3n) is 2.63. The molecule has 5 heteroatoms. The van der Waals surface area contributed by atoms with Crippen LogP contribution in [0.4, 0.5) is 0 Å². The van der Waals surface area contributed by atoms with Crippen LogP contribution in [0.5, 0.6) is 0 Å². The summed E-state index contributed by atoms with van der Waals surface area (Å²) in [6.07, 6.45) is 0.519. The van der Waals surface area contributed by atoms with Gasteiger partial charge in [-0.3, -0.25) is 9.59 Å². The van der Waals surface area contributed by atoms with E-state index in [9.17, 15) is 9.59 Å². The lowest BCUT2D eigenvalue weighted by Gasteiger charge is -2.11. The SMILES string of the molecule is COC(=O)C1CC(I)Sc2ccccc2C1=O. The lowest BCUT2D eigenvalue weighted by Crippen LogP contribution is -2.26. The number of hydrogen-bond acceptors (Lipinski definition) is 4. The lowest BCUT2D eigenvalue weighted by atomic mass is 9.95. The van der Waals surface area contributed by atoms with Crippen LogP contribution in [0.25, 0.3) is 0 Å². The minimum Gasteiger partial charge on any atom is -0.468 e. The van der Waals surface area contributed by atoms with E-state index in [1.54, 1.807) is 17.8 Å². The predicted octanol–water partition coefficient (Wildman–Crippen LogP) is 2.92. The van der Waals surface area contributed by atoms with Gasteiger partial charge in [-0.2, -0.15) is 0 Å². The Kier molecular flexibility index (Phi) is 4.09. The van der Waals surface area contributed by atoms with Crippen molar-refractivity contribution >= 4 is 46.1 Å². The molecule has 90 valence electrons. The van der Waals surface area contributed by atoms with Crippen molar-refractivity contribution in [3.63, 3.8) is 0 Å². The first-order chi connectivity index (χ1) is 8.13. The van der Waals surface area contributed by atoms with E-state index in [1.165, 1.54) is 7.11 Å². The molecule has 1 aliphatic heterocycles. The van der Waals surface area contributed by atoms with E-state index in [1.807, 2.05) is 18.2 Å². The average Bonchev–Trinajstić information content (AvgIpc) is 2.46. The number of ether oxygens (including phenoxy) is 1. The number of benzene rings is 1. The van der Waals surface area contributed by atoms with Crippen molar-refractivity contribution in [1.82, 2.24) is 0 Å². The molecule has 0 radical (unpaired) electrons. The molecule has 1 aromatic carbocycles. The molecular formula is C12H11IO3S. The zero-order valence-corrected chi connectivity index (χ0v) is 12.2. The number of halogens is 1. The highest BCUT2D eigenvalue weighted by Gasteiger charge is 2.35. The Bertz CT molecular complexity index is 461. The van der Waals surface area contributed by atoms with Gasteiger partial charge in [0.1, 0.15) is 5.92 Å². The number of methoxy groups -OCH3 is 1. The Hall–Kier alpha value is -0.560. The molecule has 0 aromatic heterocycles. The first-order valence-corrected chi connectivity index (χ1v) is 7.28. The average molecular weight is 362 g/mol. The maximum atomic E-state index is 12.3. The molecule has 2 unspecified atom stereocenters. The van der Waals surface area contributed by atoms with Gasteiger partial charge in [-0.1, -0.05) is 40.8 Å². The molecule has 0 saturated carbocycles. The van der Waals surface area contributed by atoms with Crippen LogP contribution in [-0.4, -0.2) is 22.1 Å². The number of alkyl halides is 1. The zero-order chi connectivity index (χ0) is 12.4. The van der Waals surface area contributed by atoms with Crippen molar-refractivity contribution in [3.8, 4) is 0 Å². The molecule has 2 atom stereocenters. The monoisotopic (exact) mass is 362 g/mol. The molecule has 1 aliphatic rings. The predicted molar refractivity (Wildman–Crippen MR) is 74.6 cm³/mol. The summed E-state index contributed by atoms with van der Waals surface area (Å²) in [5, 5.41) is 0. The van der Waals surface area contributed by atoms with Crippen LogP contribution >= 0.6 is 34.4 Å². The number of thioether (sulfide) groups is 1. The quantitative estimate of drug-likeness (QED) is 0.334. The van der Waals surface area contributed by atoms with Gasteiger partial charge < -0.3 is 4.74 Å². The Morgan fingerprint density at radius 1 is 1.47 bits per heavy atom. The molecule has 0 aliphatic carbocycles. The van der Waals surface area contributed by atoms with Crippen molar-refractivity contribution in [2.24, 2.45) is 5.92 Å². The van der Waals surface area contributed by atoms with E-state index in [0.29, 0.717) is 12.0 Å². The van der Waals surface area contributed by atoms with E-state index < -0.39 is 11.9 Å². The van der Waals surface area contributed by atoms with Gasteiger partial charge in [0.05, 0.1) is 10.4 Å². The summed E-state index contributed by atoms with van der Waals surface area (Å²) < 4.78 is 4.91. The fraction of sp³-hybridized carbons (Fsp3) is 0.333. The van der Waals surface area contributed by atoms with Gasteiger partial charge in [0.25, 0.3) is 0 Å². The van der Waals surface area contributed by atoms with Gasteiger partial charge in [0, 0.05) is 10.5 Å². The highest BCUT2D eigenvalue weighted by atomic mass is 127. The molecule has 3 nitrogen and oxygen atoms in total. The number of rotatable bonds is 1. The molecule has 2 rings (SSSR count). The normalized spacial score (nSPS) is 23.8. The Morgan fingerprint density at radius 3 is 2.88 bits per heavy atom. The maximum absolute atomic E-state index is 12.3. The third kappa shape index (κ3) is 2.65. The summed E-state index contributed by atoms with van der Waals surface area (Å²) in [6, 6.07) is 7.42. The van der Waals surface area contributed by atoms with Crippen LogP contribution in [-0.2, 0) is 9.53 Å². The second-order valence-electron chi connectivity index (χ2n) is 3.70. The molecule has 0 saturated heterocycles. The molecule has 0 N–H and O–H groups in total. The van der Waals surface area contributed by atoms with Crippen LogP contribution in [0, 0.1) is 5.92 Å². The number of ketones is 1. The van der Waals surface area contributed by atoms with Crippen molar-refractivity contribution in [2.75, 3.05) is 7.11 Å². The van der Waals surface area contributed by atoms with Crippen LogP contribution in [0.1, 0.15) is 16.8 Å². The molecule has 17 heavy (non-hydrogen) atoms. The molecule has 0 spiro atoms. The molecular weight excluding hydrogens is 351 g/mol. The molecule has 0 bridgehead atoms. The van der Waals surface area contributed by atoms with E-state index in [4.69, 9.17) is 4.74 Å². The smallest absolute Gasteiger partial charge is 0.316 e. The summed E-state index contributed by atoms with van der Waals surface area (Å²) in [7, 11) is 1.32. The van der Waals surface area contributed by atoms with Crippen molar-refractivity contribution in [1.29, 1.82) is 0 Å². The van der Waals surface area contributed by atoms with Crippen LogP contribution in [0.3, 0.4) is 0 Å². The van der Waals surface area contributed by atoms with Gasteiger partial charge in [-0.05, 0) is 12.5 Å². The molecule has 0 amide bonds. The molecule has 1 heterocycles. The van der Waals surface area contributed by atoms with Crippen LogP contribution in [0.2, 0.25) is 0 Å². The second kappa shape index (κ2) is 5.39. The number of fused-ring (bicyclic) bond motifs is 1. The fourth-order valence-electron chi connectivity index (χ4n) is 1.78. The van der Waals surface area contributed by atoms with Gasteiger partial charge in [0.15, 0.2) is 5.78 Å². The number of hydrogen-bond donors (Lipinski definition) is 0. The minimum absolute atomic E-state index is 0.126. The summed E-state index contributed by atoms with van der Waals surface area (Å²) in [5.74, 6) is -1.23. The first kappa shape index (κ1) is 12.9. The topological polar surface area (TPSA) is 43.4 Å². The lowest BCUT2D eigenvalue weighted by molar-refractivity contribution is -0.143. The molecule has 0 fully saturated rings. The second-order valence-corrected chi connectivity index (χ2v) is 7.29. The third-order valence-corrected chi connectivity index (χ3v) is 4.96. The van der Waals surface area contributed by atoms with Gasteiger partial charge >= 0.3 is 5.97 Å². The maximum Gasteiger partial charge on any atom is 0.316 e. The van der Waals surface area contributed by atoms with Crippen molar-refractivity contribution in [3.05, 3.63) is 29.8 Å². The summed E-state index contributed by atoms with van der Waals surface area (Å²) in [5.41, 5.74) is 0.632. The van der Waals surface area contributed by atoms with Gasteiger partial charge in [0.2, 0.25) is 0 Å². The van der Waals surface area contributed by atoms with E-state index in [-0.39, 0.29) is 9.04 Å². The first-order valence-electron chi connectivity index (χ1n) is 5.15. The van der Waals surface area contributed by atoms with Crippen molar-refractivity contribution in [2.45, 2.75) is 14.6 Å². The Labute approximate surface area is 117 Å². The Morgan fingerprint density at radius 2 is 2.18 bits per heavy atom. The van der Waals surface area contributed by atoms with Crippen LogP contribution in [0.15, 0.2) is 29.2 Å². The van der Waals surface area contributed by atoms with Gasteiger partial charge in [-0.15, -0.1) is 11.8 Å². The number of Topliss-reactive ketones (excluding diaryl/α,β-unsaturated/α-hetero) is 1. The van der Waals surface area contributed by atoms with Crippen LogP contribution < -0.4 is 0 Å². The standard InChI is InChI=1S/C12H11IO3S/c1-16-12(15)8-6-10(13)17-9-5-3-2-4-7(9)11(8)14/h2-5,8,10H,6H2,1H3. The number of carbonyl (C=O) groups is 2. The number of carbonyl (C=O) groups excluding carboxylic acids is 2. The highest BCUT2D eigenvalue weighted by molar-refractivity contribution is 14.1. The summed E-state index contributed by atoms with van der Waals surface area (Å²) in [6.45, 7) is 0. The largest absolute Gasteiger partial charge is 0.468 e. The Balaban J connectivity index is 2.42. The summed E-state index contributed by atoms with van der Waals surface area (Å²) >= 11 is 3.88. The highest BCUT2D eigenvalue weighted by Crippen LogP contribution is 2.39. The summed E-state index contributed by atoms with van der Waals surface area (Å²) in [4.78, 5) is 24.8. The molecule has 1 aromatic rings. The minimum atomic E-state index is -0.668. The fourth-order valence-corrected chi connectivity index (χ4v) is 4.13. The van der Waals surface area contributed by atoms with E-state index in [2.05, 4.69) is 22.6 Å². The van der Waals surface area contributed by atoms with Crippen molar-refractivity contribution < 1.29 is 14.3 Å². The zero-order valence-electron chi connectivity index (χ0n) is 9.18. The number of esters is 1.